The van der Waals surface area contributed by atoms with Crippen molar-refractivity contribution in [3.8, 4) is 0 Å². The molecule has 0 fully saturated rings. The van der Waals surface area contributed by atoms with Gasteiger partial charge in [0.15, 0.2) is 0 Å². The third-order valence-electron chi connectivity index (χ3n) is 1.11. The Kier molecular flexibility index (Phi) is 3.35. The second-order valence-corrected chi connectivity index (χ2v) is 5.07. The largest absolute Gasteiger partial charge is 0.243 e. The van der Waals surface area contributed by atoms with Crippen LogP contribution >= 0.6 is 58.0 Å². The van der Waals surface area contributed by atoms with Crippen molar-refractivity contribution in [1.82, 2.24) is 4.98 Å². The molecule has 0 aliphatic heterocycles. The van der Waals surface area contributed by atoms with E-state index in [4.69, 9.17) is 58.0 Å². The van der Waals surface area contributed by atoms with Crippen LogP contribution in [-0.4, -0.2) is 4.98 Å². The van der Waals surface area contributed by atoms with E-state index in [2.05, 4.69) is 4.98 Å². The highest BCUT2D eigenvalue weighted by Crippen LogP contribution is 2.41. The number of alkyl halides is 3. The van der Waals surface area contributed by atoms with Crippen LogP contribution in [0.2, 0.25) is 10.2 Å². The summed E-state index contributed by atoms with van der Waals surface area (Å²) in [6.07, 6.45) is 1.38. The van der Waals surface area contributed by atoms with Crippen LogP contribution in [0, 0.1) is 0 Å². The SMILES string of the molecule is Clc1cnc(Cl)c(C(Cl)(Cl)Cl)c1. The van der Waals surface area contributed by atoms with Gasteiger partial charge in [0, 0.05) is 11.8 Å². The van der Waals surface area contributed by atoms with Crippen molar-refractivity contribution in [2.24, 2.45) is 0 Å². The van der Waals surface area contributed by atoms with Crippen LogP contribution < -0.4 is 0 Å². The lowest BCUT2D eigenvalue weighted by molar-refractivity contribution is 1.17. The summed E-state index contributed by atoms with van der Waals surface area (Å²) < 4.78 is -1.59. The average Bonchev–Trinajstić information content (AvgIpc) is 1.92. The Hall–Kier alpha value is 0.600. The van der Waals surface area contributed by atoms with Crippen LogP contribution in [-0.2, 0) is 3.79 Å². The summed E-state index contributed by atoms with van der Waals surface area (Å²) in [5, 5.41) is 0.514. The van der Waals surface area contributed by atoms with Crippen molar-refractivity contribution in [3.05, 3.63) is 28.0 Å². The van der Waals surface area contributed by atoms with Gasteiger partial charge >= 0.3 is 0 Å². The van der Waals surface area contributed by atoms with E-state index in [1.807, 2.05) is 0 Å². The van der Waals surface area contributed by atoms with Gasteiger partial charge in [0.2, 0.25) is 3.79 Å². The molecule has 0 saturated heterocycles. The minimum absolute atomic E-state index is 0.138. The van der Waals surface area contributed by atoms with E-state index in [0.29, 0.717) is 5.02 Å². The summed E-state index contributed by atoms with van der Waals surface area (Å²) >= 11 is 28.0. The van der Waals surface area contributed by atoms with Gasteiger partial charge in [-0.2, -0.15) is 0 Å². The summed E-state index contributed by atoms with van der Waals surface area (Å²) in [6.45, 7) is 0. The molecule has 1 aromatic rings. The maximum absolute atomic E-state index is 5.66. The molecule has 66 valence electrons. The predicted octanol–water partition coefficient (Wildman–Crippen LogP) is 4.22. The van der Waals surface area contributed by atoms with Crippen LogP contribution in [0.1, 0.15) is 5.56 Å². The normalized spacial score (nSPS) is 11.8. The highest BCUT2D eigenvalue weighted by Gasteiger charge is 2.26. The molecule has 0 spiro atoms. The molecule has 1 nitrogen and oxygen atoms in total. The number of hydrogen-bond donors (Lipinski definition) is 0. The Morgan fingerprint density at radius 2 is 1.75 bits per heavy atom. The Morgan fingerprint density at radius 1 is 1.17 bits per heavy atom. The monoisotopic (exact) mass is 263 g/mol. The molecular weight excluding hydrogens is 263 g/mol. The molecule has 6 heteroatoms. The van der Waals surface area contributed by atoms with E-state index in [1.54, 1.807) is 0 Å². The topological polar surface area (TPSA) is 12.9 Å². The maximum Gasteiger partial charge on any atom is 0.219 e. The van der Waals surface area contributed by atoms with E-state index in [1.165, 1.54) is 12.3 Å². The summed E-state index contributed by atoms with van der Waals surface area (Å²) in [6, 6.07) is 1.46. The lowest BCUT2D eigenvalue weighted by atomic mass is 10.3. The molecule has 0 amide bonds. The van der Waals surface area contributed by atoms with Crippen molar-refractivity contribution in [3.63, 3.8) is 0 Å². The van der Waals surface area contributed by atoms with Gasteiger partial charge in [-0.3, -0.25) is 0 Å². The summed E-state index contributed by atoms with van der Waals surface area (Å²) in [7, 11) is 0. The van der Waals surface area contributed by atoms with Gasteiger partial charge in [-0.15, -0.1) is 0 Å². The molecule has 0 aliphatic rings. The van der Waals surface area contributed by atoms with Crippen molar-refractivity contribution < 1.29 is 0 Å². The molecule has 1 heterocycles. The number of rotatable bonds is 0. The smallest absolute Gasteiger partial charge is 0.219 e. The Morgan fingerprint density at radius 3 is 2.17 bits per heavy atom. The van der Waals surface area contributed by atoms with E-state index in [0.717, 1.165) is 0 Å². The second-order valence-electron chi connectivity index (χ2n) is 1.99. The van der Waals surface area contributed by atoms with Crippen molar-refractivity contribution in [2.75, 3.05) is 0 Å². The third kappa shape index (κ3) is 2.54. The van der Waals surface area contributed by atoms with Crippen LogP contribution in [0.5, 0.6) is 0 Å². The van der Waals surface area contributed by atoms with Crippen molar-refractivity contribution in [1.29, 1.82) is 0 Å². The van der Waals surface area contributed by atoms with Crippen molar-refractivity contribution >= 4 is 58.0 Å². The number of hydrogen-bond acceptors (Lipinski definition) is 1. The standard InChI is InChI=1S/C6H2Cl5N/c7-3-1-4(6(9,10)11)5(8)12-2-3/h1-2H. The van der Waals surface area contributed by atoms with E-state index >= 15 is 0 Å². The third-order valence-corrected chi connectivity index (χ3v) is 2.23. The minimum atomic E-state index is -1.59. The van der Waals surface area contributed by atoms with Gasteiger partial charge in [-0.1, -0.05) is 58.0 Å². The predicted molar refractivity (Wildman–Crippen MR) is 53.5 cm³/mol. The first-order valence-electron chi connectivity index (χ1n) is 2.79. The number of halogens is 5. The van der Waals surface area contributed by atoms with Crippen molar-refractivity contribution in [2.45, 2.75) is 3.79 Å². The Balaban J connectivity index is 3.23. The minimum Gasteiger partial charge on any atom is -0.243 e. The number of nitrogens with zero attached hydrogens (tertiary/aromatic N) is 1. The molecule has 0 radical (unpaired) electrons. The average molecular weight is 265 g/mol. The zero-order chi connectivity index (χ0) is 9.35. The van der Waals surface area contributed by atoms with Gasteiger partial charge in [0.25, 0.3) is 0 Å². The summed E-state index contributed by atoms with van der Waals surface area (Å²) in [4.78, 5) is 3.73. The van der Waals surface area contributed by atoms with Gasteiger partial charge in [0.05, 0.1) is 5.02 Å². The van der Waals surface area contributed by atoms with E-state index in [-0.39, 0.29) is 10.7 Å². The summed E-state index contributed by atoms with van der Waals surface area (Å²) in [5.41, 5.74) is 0.279. The maximum atomic E-state index is 5.66. The number of aromatic nitrogens is 1. The first-order valence-corrected chi connectivity index (χ1v) is 4.68. The second kappa shape index (κ2) is 3.77. The molecule has 0 unspecified atom stereocenters. The zero-order valence-corrected chi connectivity index (χ0v) is 9.27. The fraction of sp³-hybridized carbons (Fsp3) is 0.167. The van der Waals surface area contributed by atoms with Gasteiger partial charge in [0.1, 0.15) is 5.15 Å². The van der Waals surface area contributed by atoms with Crippen LogP contribution in [0.4, 0.5) is 0 Å². The first kappa shape index (κ1) is 10.7. The first-order chi connectivity index (χ1) is 5.41. The Bertz CT molecular complexity index is 292. The van der Waals surface area contributed by atoms with Crippen LogP contribution in [0.3, 0.4) is 0 Å². The summed E-state index contributed by atoms with van der Waals surface area (Å²) in [5.74, 6) is 0. The zero-order valence-electron chi connectivity index (χ0n) is 5.49. The van der Waals surface area contributed by atoms with E-state index in [9.17, 15) is 0 Å². The fourth-order valence-electron chi connectivity index (χ4n) is 0.621. The van der Waals surface area contributed by atoms with Gasteiger partial charge in [-0.25, -0.2) is 4.98 Å². The van der Waals surface area contributed by atoms with Gasteiger partial charge in [-0.05, 0) is 6.07 Å². The Labute approximate surface area is 94.5 Å². The van der Waals surface area contributed by atoms with Crippen LogP contribution in [0.25, 0.3) is 0 Å². The highest BCUT2D eigenvalue weighted by molar-refractivity contribution is 6.67. The fourth-order valence-corrected chi connectivity index (χ4v) is 1.60. The molecule has 0 N–H and O–H groups in total. The lowest BCUT2D eigenvalue weighted by Gasteiger charge is -2.11. The molecule has 1 rings (SSSR count). The lowest BCUT2D eigenvalue weighted by Crippen LogP contribution is -2.02. The molecular formula is C6H2Cl5N. The molecule has 0 bridgehead atoms. The van der Waals surface area contributed by atoms with Crippen LogP contribution in [0.15, 0.2) is 12.3 Å². The molecule has 0 aliphatic carbocycles. The van der Waals surface area contributed by atoms with Gasteiger partial charge < -0.3 is 0 Å². The highest BCUT2D eigenvalue weighted by atomic mass is 35.6. The molecule has 12 heavy (non-hydrogen) atoms. The molecule has 0 aromatic carbocycles. The quantitative estimate of drug-likeness (QED) is 0.505. The molecule has 0 saturated carbocycles. The number of pyridine rings is 1. The molecule has 1 aromatic heterocycles. The van der Waals surface area contributed by atoms with E-state index < -0.39 is 3.79 Å². The molecule has 0 atom stereocenters.